The number of hydrogen-bond donors (Lipinski definition) is 2. The lowest BCUT2D eigenvalue weighted by Gasteiger charge is -2.25. The number of benzene rings is 1. The van der Waals surface area contributed by atoms with Gasteiger partial charge in [-0.25, -0.2) is 14.4 Å². The third kappa shape index (κ3) is 11.6. The first-order valence-corrected chi connectivity index (χ1v) is 12.9. The maximum Gasteiger partial charge on any atom is 0.185 e. The standard InChI is InChI=1S/C14H13FN4S.C7H15NO.C2H3N.C2H6.C2H4/c1-8-7-9(3-4-10(8)15)18-11-5-6-17-13-12(11)20-14(16-2)19-13;1-2-3-8-4-6-9-7-5-8;1-2-3;2*1-2/h3-7H,1-2H3,(H2,16,17,18,19);2-7H2,1H3;1H3;1-2H3;1-2H2. The highest BCUT2D eigenvalue weighted by Gasteiger charge is 2.09. The van der Waals surface area contributed by atoms with Crippen LogP contribution >= 0.6 is 11.3 Å². The van der Waals surface area contributed by atoms with Crippen LogP contribution in [0.3, 0.4) is 0 Å². The van der Waals surface area contributed by atoms with E-state index < -0.39 is 0 Å². The molecule has 1 aliphatic rings. The van der Waals surface area contributed by atoms with Gasteiger partial charge in [-0.2, -0.15) is 5.26 Å². The first-order valence-electron chi connectivity index (χ1n) is 12.1. The number of pyridine rings is 1. The summed E-state index contributed by atoms with van der Waals surface area (Å²) in [4.78, 5) is 11.1. The van der Waals surface area contributed by atoms with Gasteiger partial charge in [0.25, 0.3) is 0 Å². The van der Waals surface area contributed by atoms with Crippen molar-refractivity contribution in [3.05, 3.63) is 55.0 Å². The van der Waals surface area contributed by atoms with Gasteiger partial charge in [-0.15, -0.1) is 13.2 Å². The number of anilines is 3. The predicted octanol–water partition coefficient (Wildman–Crippen LogP) is 7.01. The number of halogens is 1. The van der Waals surface area contributed by atoms with Crippen molar-refractivity contribution in [2.75, 3.05) is 50.5 Å². The molecule has 7 nitrogen and oxygen atoms in total. The maximum absolute atomic E-state index is 13.3. The monoisotopic (exact) mass is 516 g/mol. The molecule has 1 fully saturated rings. The summed E-state index contributed by atoms with van der Waals surface area (Å²) in [5.74, 6) is -0.203. The van der Waals surface area contributed by atoms with Crippen molar-refractivity contribution in [2.24, 2.45) is 0 Å². The van der Waals surface area contributed by atoms with Gasteiger partial charge >= 0.3 is 0 Å². The van der Waals surface area contributed by atoms with Gasteiger partial charge in [-0.05, 0) is 49.7 Å². The molecule has 1 aliphatic heterocycles. The quantitative estimate of drug-likeness (QED) is 0.353. The molecule has 0 unspecified atom stereocenters. The molecule has 9 heteroatoms. The summed E-state index contributed by atoms with van der Waals surface area (Å²) in [5.41, 5.74) is 3.07. The molecule has 198 valence electrons. The molecule has 2 N–H and O–H groups in total. The minimum atomic E-state index is -0.203. The zero-order valence-corrected chi connectivity index (χ0v) is 23.3. The third-order valence-corrected chi connectivity index (χ3v) is 5.68. The smallest absolute Gasteiger partial charge is 0.185 e. The zero-order chi connectivity index (χ0) is 27.3. The Balaban J connectivity index is 0.000000640. The minimum Gasteiger partial charge on any atom is -0.379 e. The van der Waals surface area contributed by atoms with Gasteiger partial charge < -0.3 is 15.4 Å². The third-order valence-electron chi connectivity index (χ3n) is 4.59. The Morgan fingerprint density at radius 1 is 1.22 bits per heavy atom. The van der Waals surface area contributed by atoms with Crippen LogP contribution in [0.25, 0.3) is 10.3 Å². The molecule has 1 saturated heterocycles. The van der Waals surface area contributed by atoms with Gasteiger partial charge in [0.2, 0.25) is 0 Å². The van der Waals surface area contributed by atoms with Crippen LogP contribution in [0.2, 0.25) is 0 Å². The van der Waals surface area contributed by atoms with Crippen LogP contribution in [0, 0.1) is 24.1 Å². The Bertz CT molecular complexity index is 1030. The number of rotatable bonds is 5. The van der Waals surface area contributed by atoms with Crippen molar-refractivity contribution < 1.29 is 9.13 Å². The van der Waals surface area contributed by atoms with Crippen LogP contribution in [0.15, 0.2) is 43.6 Å². The summed E-state index contributed by atoms with van der Waals surface area (Å²) in [6.07, 6.45) is 2.97. The second-order valence-corrected chi connectivity index (χ2v) is 8.05. The van der Waals surface area contributed by atoms with E-state index in [1.165, 1.54) is 37.3 Å². The Hall–Kier alpha value is -3.06. The molecule has 0 radical (unpaired) electrons. The lowest BCUT2D eigenvalue weighted by molar-refractivity contribution is 0.0380. The number of morpholine rings is 1. The number of ether oxygens (including phenoxy) is 1. The van der Waals surface area contributed by atoms with E-state index in [1.54, 1.807) is 31.3 Å². The van der Waals surface area contributed by atoms with E-state index in [-0.39, 0.29) is 5.82 Å². The fourth-order valence-electron chi connectivity index (χ4n) is 3.06. The molecule has 0 aliphatic carbocycles. The molecule has 36 heavy (non-hydrogen) atoms. The second-order valence-electron chi connectivity index (χ2n) is 7.05. The largest absolute Gasteiger partial charge is 0.379 e. The van der Waals surface area contributed by atoms with Crippen LogP contribution in [-0.2, 0) is 4.74 Å². The topological polar surface area (TPSA) is 86.1 Å². The van der Waals surface area contributed by atoms with Gasteiger partial charge in [-0.1, -0.05) is 32.1 Å². The van der Waals surface area contributed by atoms with E-state index in [0.29, 0.717) is 11.2 Å². The molecule has 0 spiro atoms. The van der Waals surface area contributed by atoms with Crippen LogP contribution in [0.1, 0.15) is 39.7 Å². The highest BCUT2D eigenvalue weighted by atomic mass is 32.1. The fourth-order valence-corrected chi connectivity index (χ4v) is 3.90. The van der Waals surface area contributed by atoms with Gasteiger partial charge in [0, 0.05) is 38.9 Å². The van der Waals surface area contributed by atoms with Crippen LogP contribution in [0.4, 0.5) is 20.9 Å². The average molecular weight is 517 g/mol. The lowest BCUT2D eigenvalue weighted by Crippen LogP contribution is -2.36. The van der Waals surface area contributed by atoms with Crippen LogP contribution in [-0.4, -0.2) is 54.8 Å². The number of nitrogens with one attached hydrogen (secondary N) is 2. The first-order chi connectivity index (χ1) is 17.5. The molecular weight excluding hydrogens is 475 g/mol. The van der Waals surface area contributed by atoms with Crippen molar-refractivity contribution in [3.8, 4) is 6.07 Å². The van der Waals surface area contributed by atoms with Gasteiger partial charge in [0.05, 0.1) is 29.7 Å². The van der Waals surface area contributed by atoms with E-state index in [1.807, 2.05) is 27.0 Å². The van der Waals surface area contributed by atoms with Crippen LogP contribution < -0.4 is 10.6 Å². The summed E-state index contributed by atoms with van der Waals surface area (Å²) in [6.45, 7) is 20.8. The van der Waals surface area contributed by atoms with E-state index in [2.05, 4.69) is 45.6 Å². The molecule has 0 bridgehead atoms. The van der Waals surface area contributed by atoms with E-state index in [4.69, 9.17) is 10.00 Å². The average Bonchev–Trinajstić information content (AvgIpc) is 3.35. The van der Waals surface area contributed by atoms with E-state index >= 15 is 0 Å². The number of fused-ring (bicyclic) bond motifs is 1. The van der Waals surface area contributed by atoms with E-state index in [9.17, 15) is 4.39 Å². The summed E-state index contributed by atoms with van der Waals surface area (Å²) < 4.78 is 19.5. The number of nitrogens with zero attached hydrogens (tertiary/aromatic N) is 4. The number of nitriles is 1. The molecule has 0 amide bonds. The normalized spacial score (nSPS) is 12.1. The highest BCUT2D eigenvalue weighted by Crippen LogP contribution is 2.32. The van der Waals surface area contributed by atoms with Gasteiger partial charge in [-0.3, -0.25) is 4.90 Å². The van der Waals surface area contributed by atoms with Crippen molar-refractivity contribution in [3.63, 3.8) is 0 Å². The Kier molecular flexibility index (Phi) is 18.5. The molecule has 0 saturated carbocycles. The SMILES string of the molecule is C=C.CC.CC#N.CCCN1CCOCC1.CNc1nc2nccc(Nc3ccc(F)c(C)c3)c2s1. The van der Waals surface area contributed by atoms with Crippen molar-refractivity contribution in [1.82, 2.24) is 14.9 Å². The molecule has 3 heterocycles. The number of thiazole rings is 1. The lowest BCUT2D eigenvalue weighted by atomic mass is 10.2. The zero-order valence-electron chi connectivity index (χ0n) is 22.5. The molecule has 2 aromatic heterocycles. The summed E-state index contributed by atoms with van der Waals surface area (Å²) >= 11 is 1.53. The molecule has 3 aromatic rings. The second kappa shape index (κ2) is 20.2. The highest BCUT2D eigenvalue weighted by molar-refractivity contribution is 7.22. The van der Waals surface area contributed by atoms with Crippen LogP contribution in [0.5, 0.6) is 0 Å². The summed E-state index contributed by atoms with van der Waals surface area (Å²) in [6, 6.07) is 8.59. The number of aromatic nitrogens is 2. The van der Waals surface area contributed by atoms with Gasteiger partial charge in [0.1, 0.15) is 5.82 Å². The van der Waals surface area contributed by atoms with Crippen molar-refractivity contribution in [1.29, 1.82) is 5.26 Å². The van der Waals surface area contributed by atoms with Crippen molar-refractivity contribution in [2.45, 2.75) is 41.0 Å². The number of aryl methyl sites for hydroxylation is 1. The molecule has 0 atom stereocenters. The van der Waals surface area contributed by atoms with Gasteiger partial charge in [0.15, 0.2) is 10.8 Å². The molecular formula is C27H41FN6OS. The Morgan fingerprint density at radius 2 is 1.86 bits per heavy atom. The minimum absolute atomic E-state index is 0.203. The molecule has 1 aromatic carbocycles. The fraction of sp³-hybridized carbons (Fsp3) is 0.444. The predicted molar refractivity (Wildman–Crippen MR) is 153 cm³/mol. The van der Waals surface area contributed by atoms with E-state index in [0.717, 1.165) is 47.5 Å². The summed E-state index contributed by atoms with van der Waals surface area (Å²) in [5, 5.41) is 14.4. The maximum atomic E-state index is 13.3. The Morgan fingerprint density at radius 3 is 2.42 bits per heavy atom. The molecule has 4 rings (SSSR count). The number of hydrogen-bond acceptors (Lipinski definition) is 8. The Labute approximate surface area is 220 Å². The summed E-state index contributed by atoms with van der Waals surface area (Å²) in [7, 11) is 1.83. The van der Waals surface area contributed by atoms with Crippen molar-refractivity contribution >= 4 is 38.2 Å². The first kappa shape index (κ1) is 32.9.